The van der Waals surface area contributed by atoms with Gasteiger partial charge in [0.05, 0.1) is 6.10 Å². The molecule has 1 aliphatic heterocycles. The molecule has 1 atom stereocenters. The molecule has 1 saturated heterocycles. The third-order valence-corrected chi connectivity index (χ3v) is 4.76. The van der Waals surface area contributed by atoms with Gasteiger partial charge in [-0.3, -0.25) is 0 Å². The molecule has 6 heteroatoms. The number of piperidine rings is 1. The van der Waals surface area contributed by atoms with Crippen LogP contribution in [0, 0.1) is 5.92 Å². The first-order valence-electron chi connectivity index (χ1n) is 7.55. The standard InChI is InChI=1S/C15H25N3O2S/c1-18-7-3-12(4-8-18)2-6-16-15(20)17-10-14(19)13-5-9-21-11-13/h5,9,11-12,14,19H,2-4,6-8,10H2,1H3,(H2,16,17,20). The van der Waals surface area contributed by atoms with Crippen LogP contribution in [0.4, 0.5) is 4.79 Å². The van der Waals surface area contributed by atoms with Crippen LogP contribution in [0.3, 0.4) is 0 Å². The lowest BCUT2D eigenvalue weighted by atomic mass is 9.94. The third-order valence-electron chi connectivity index (χ3n) is 4.06. The summed E-state index contributed by atoms with van der Waals surface area (Å²) in [4.78, 5) is 14.0. The van der Waals surface area contributed by atoms with Crippen molar-refractivity contribution in [2.75, 3.05) is 33.2 Å². The Morgan fingerprint density at radius 3 is 2.90 bits per heavy atom. The van der Waals surface area contributed by atoms with Gasteiger partial charge in [0, 0.05) is 13.1 Å². The number of likely N-dealkylation sites (tertiary alicyclic amines) is 1. The number of urea groups is 1. The molecule has 1 aliphatic rings. The number of aliphatic hydroxyl groups excluding tert-OH is 1. The summed E-state index contributed by atoms with van der Waals surface area (Å²) in [6.45, 7) is 3.26. The molecule has 0 radical (unpaired) electrons. The van der Waals surface area contributed by atoms with Crippen LogP contribution in [0.1, 0.15) is 30.9 Å². The molecule has 21 heavy (non-hydrogen) atoms. The second-order valence-corrected chi connectivity index (χ2v) is 6.52. The molecule has 0 bridgehead atoms. The summed E-state index contributed by atoms with van der Waals surface area (Å²) in [5.41, 5.74) is 0.853. The lowest BCUT2D eigenvalue weighted by Crippen LogP contribution is -2.39. The van der Waals surface area contributed by atoms with Crippen LogP contribution in [-0.4, -0.2) is 49.3 Å². The molecule has 2 amide bonds. The number of nitrogens with one attached hydrogen (secondary N) is 2. The Balaban J connectivity index is 1.55. The van der Waals surface area contributed by atoms with Crippen molar-refractivity contribution in [2.45, 2.75) is 25.4 Å². The van der Waals surface area contributed by atoms with E-state index >= 15 is 0 Å². The van der Waals surface area contributed by atoms with Gasteiger partial charge in [0.1, 0.15) is 0 Å². The smallest absolute Gasteiger partial charge is 0.314 e. The van der Waals surface area contributed by atoms with Crippen molar-refractivity contribution in [1.29, 1.82) is 0 Å². The van der Waals surface area contributed by atoms with Gasteiger partial charge in [-0.2, -0.15) is 11.3 Å². The van der Waals surface area contributed by atoms with E-state index in [4.69, 9.17) is 0 Å². The van der Waals surface area contributed by atoms with Gasteiger partial charge in [-0.25, -0.2) is 4.79 Å². The molecule has 1 aromatic rings. The molecule has 0 saturated carbocycles. The molecular weight excluding hydrogens is 286 g/mol. The van der Waals surface area contributed by atoms with E-state index in [9.17, 15) is 9.90 Å². The predicted molar refractivity (Wildman–Crippen MR) is 85.5 cm³/mol. The fraction of sp³-hybridized carbons (Fsp3) is 0.667. The van der Waals surface area contributed by atoms with E-state index in [-0.39, 0.29) is 12.6 Å². The first-order chi connectivity index (χ1) is 10.1. The predicted octanol–water partition coefficient (Wildman–Crippen LogP) is 1.81. The zero-order chi connectivity index (χ0) is 15.1. The first-order valence-corrected chi connectivity index (χ1v) is 8.50. The number of carbonyl (C=O) groups is 1. The Morgan fingerprint density at radius 2 is 2.24 bits per heavy atom. The zero-order valence-corrected chi connectivity index (χ0v) is 13.4. The minimum atomic E-state index is -0.629. The normalized spacial score (nSPS) is 18.4. The maximum atomic E-state index is 11.7. The summed E-state index contributed by atoms with van der Waals surface area (Å²) in [5, 5.41) is 19.3. The zero-order valence-electron chi connectivity index (χ0n) is 12.5. The van der Waals surface area contributed by atoms with Crippen molar-refractivity contribution in [1.82, 2.24) is 15.5 Å². The van der Waals surface area contributed by atoms with E-state index in [0.717, 1.165) is 31.0 Å². The molecule has 1 fully saturated rings. The largest absolute Gasteiger partial charge is 0.387 e. The topological polar surface area (TPSA) is 64.6 Å². The Bertz CT molecular complexity index is 417. The monoisotopic (exact) mass is 311 g/mol. The van der Waals surface area contributed by atoms with E-state index in [1.165, 1.54) is 12.8 Å². The van der Waals surface area contributed by atoms with Crippen molar-refractivity contribution in [3.8, 4) is 0 Å². The highest BCUT2D eigenvalue weighted by Gasteiger charge is 2.16. The molecule has 2 heterocycles. The Labute approximate surface area is 130 Å². The summed E-state index contributed by atoms with van der Waals surface area (Å²) >= 11 is 1.54. The summed E-state index contributed by atoms with van der Waals surface area (Å²) in [6, 6.07) is 1.67. The van der Waals surface area contributed by atoms with Crippen LogP contribution >= 0.6 is 11.3 Å². The summed E-state index contributed by atoms with van der Waals surface area (Å²) in [6.07, 6.45) is 2.85. The summed E-state index contributed by atoms with van der Waals surface area (Å²) in [7, 11) is 2.15. The van der Waals surface area contributed by atoms with Crippen molar-refractivity contribution in [2.24, 2.45) is 5.92 Å². The third kappa shape index (κ3) is 5.65. The van der Waals surface area contributed by atoms with Gasteiger partial charge in [0.15, 0.2) is 0 Å². The Kier molecular flexibility index (Phi) is 6.48. The molecule has 0 spiro atoms. The fourth-order valence-electron chi connectivity index (χ4n) is 2.57. The molecule has 1 unspecified atom stereocenters. The van der Waals surface area contributed by atoms with Gasteiger partial charge in [-0.15, -0.1) is 0 Å². The average molecular weight is 311 g/mol. The molecule has 118 valence electrons. The van der Waals surface area contributed by atoms with Gasteiger partial charge in [0.25, 0.3) is 0 Å². The second-order valence-electron chi connectivity index (χ2n) is 5.74. The van der Waals surface area contributed by atoms with E-state index in [1.54, 1.807) is 11.3 Å². The van der Waals surface area contributed by atoms with Gasteiger partial charge < -0.3 is 20.6 Å². The van der Waals surface area contributed by atoms with Gasteiger partial charge in [-0.1, -0.05) is 0 Å². The number of hydrogen-bond acceptors (Lipinski definition) is 4. The van der Waals surface area contributed by atoms with Crippen molar-refractivity contribution in [3.63, 3.8) is 0 Å². The van der Waals surface area contributed by atoms with Gasteiger partial charge in [0.2, 0.25) is 0 Å². The van der Waals surface area contributed by atoms with Crippen LogP contribution in [0.5, 0.6) is 0 Å². The summed E-state index contributed by atoms with van der Waals surface area (Å²) in [5.74, 6) is 0.720. The average Bonchev–Trinajstić information content (AvgIpc) is 3.01. The van der Waals surface area contributed by atoms with Gasteiger partial charge >= 0.3 is 6.03 Å². The van der Waals surface area contributed by atoms with Gasteiger partial charge in [-0.05, 0) is 67.7 Å². The van der Waals surface area contributed by atoms with Crippen LogP contribution in [0.25, 0.3) is 0 Å². The quantitative estimate of drug-likeness (QED) is 0.751. The minimum absolute atomic E-state index is 0.197. The number of thiophene rings is 1. The number of nitrogens with zero attached hydrogens (tertiary/aromatic N) is 1. The highest BCUT2D eigenvalue weighted by atomic mass is 32.1. The number of carbonyl (C=O) groups excluding carboxylic acids is 1. The maximum Gasteiger partial charge on any atom is 0.314 e. The fourth-order valence-corrected chi connectivity index (χ4v) is 3.28. The molecule has 1 aromatic heterocycles. The number of amides is 2. The van der Waals surface area contributed by atoms with Crippen LogP contribution in [-0.2, 0) is 0 Å². The minimum Gasteiger partial charge on any atom is -0.387 e. The van der Waals surface area contributed by atoms with E-state index in [0.29, 0.717) is 6.54 Å². The highest BCUT2D eigenvalue weighted by Crippen LogP contribution is 2.18. The van der Waals surface area contributed by atoms with E-state index in [1.807, 2.05) is 16.8 Å². The van der Waals surface area contributed by atoms with Crippen molar-refractivity contribution >= 4 is 17.4 Å². The van der Waals surface area contributed by atoms with Crippen LogP contribution in [0.2, 0.25) is 0 Å². The van der Waals surface area contributed by atoms with E-state index < -0.39 is 6.10 Å². The molecule has 2 rings (SSSR count). The van der Waals surface area contributed by atoms with Crippen molar-refractivity contribution < 1.29 is 9.90 Å². The Hall–Kier alpha value is -1.11. The number of rotatable bonds is 6. The second kappa shape index (κ2) is 8.36. The van der Waals surface area contributed by atoms with Crippen LogP contribution < -0.4 is 10.6 Å². The Morgan fingerprint density at radius 1 is 1.48 bits per heavy atom. The molecule has 3 N–H and O–H groups in total. The highest BCUT2D eigenvalue weighted by molar-refractivity contribution is 7.07. The molecule has 5 nitrogen and oxygen atoms in total. The lowest BCUT2D eigenvalue weighted by Gasteiger charge is -2.28. The van der Waals surface area contributed by atoms with E-state index in [2.05, 4.69) is 22.6 Å². The number of hydrogen-bond donors (Lipinski definition) is 3. The number of aliphatic hydroxyl groups is 1. The van der Waals surface area contributed by atoms with Crippen molar-refractivity contribution in [3.05, 3.63) is 22.4 Å². The lowest BCUT2D eigenvalue weighted by molar-refractivity contribution is 0.173. The molecular formula is C15H25N3O2S. The summed E-state index contributed by atoms with van der Waals surface area (Å²) < 4.78 is 0. The van der Waals surface area contributed by atoms with Crippen LogP contribution in [0.15, 0.2) is 16.8 Å². The maximum absolute atomic E-state index is 11.7. The molecule has 0 aromatic carbocycles. The first kappa shape index (κ1) is 16.3. The SMILES string of the molecule is CN1CCC(CCNC(=O)NCC(O)c2ccsc2)CC1. The molecule has 0 aliphatic carbocycles.